The average Bonchev–Trinajstić information content (AvgIpc) is 2.71. The van der Waals surface area contributed by atoms with Crippen molar-refractivity contribution in [2.45, 2.75) is 0 Å². The number of carbonyl (C=O) groups is 1. The van der Waals surface area contributed by atoms with E-state index in [4.69, 9.17) is 4.74 Å². The van der Waals surface area contributed by atoms with Crippen molar-refractivity contribution >= 4 is 52.0 Å². The molecule has 0 saturated heterocycles. The Morgan fingerprint density at radius 1 is 1.12 bits per heavy atom. The maximum Gasteiger partial charge on any atom is 0.417 e. The fraction of sp³-hybridized carbons (Fsp3) is 0. The van der Waals surface area contributed by atoms with Crippen molar-refractivity contribution in [2.24, 2.45) is 0 Å². The summed E-state index contributed by atoms with van der Waals surface area (Å²) >= 11 is 1.45. The summed E-state index contributed by atoms with van der Waals surface area (Å²) in [6.45, 7) is 0. The van der Waals surface area contributed by atoms with Crippen LogP contribution in [0, 0.1) is 0 Å². The summed E-state index contributed by atoms with van der Waals surface area (Å²) in [6, 6.07) is 12.6. The number of hydrogen-bond donors (Lipinski definition) is 1. The van der Waals surface area contributed by atoms with Gasteiger partial charge in [-0.15, -0.1) is 11.3 Å². The van der Waals surface area contributed by atoms with Gasteiger partial charge in [0.15, 0.2) is 0 Å². The van der Waals surface area contributed by atoms with E-state index in [0.29, 0.717) is 5.75 Å². The zero-order chi connectivity index (χ0) is 10.5. The number of rotatable bonds is 2. The fourth-order valence-corrected chi connectivity index (χ4v) is 1.67. The molecule has 0 bridgehead atoms. The van der Waals surface area contributed by atoms with Crippen molar-refractivity contribution in [1.82, 2.24) is 0 Å². The third-order valence-electron chi connectivity index (χ3n) is 1.70. The molecule has 0 spiro atoms. The Labute approximate surface area is 120 Å². The van der Waals surface area contributed by atoms with Gasteiger partial charge >= 0.3 is 6.09 Å². The zero-order valence-corrected chi connectivity index (χ0v) is 11.7. The van der Waals surface area contributed by atoms with Crippen molar-refractivity contribution < 1.29 is 9.53 Å². The zero-order valence-electron chi connectivity index (χ0n) is 8.84. The minimum Gasteiger partial charge on any atom is -0.410 e. The first-order chi connectivity index (χ1) is 7.34. The molecular weight excluding hydrogens is 233 g/mol. The number of nitrogens with one attached hydrogen (secondary N) is 1. The van der Waals surface area contributed by atoms with Crippen molar-refractivity contribution in [3.63, 3.8) is 0 Å². The molecule has 1 aromatic heterocycles. The molecule has 0 aliphatic carbocycles. The second kappa shape index (κ2) is 6.70. The van der Waals surface area contributed by atoms with Gasteiger partial charge in [-0.05, 0) is 29.6 Å². The second-order valence-electron chi connectivity index (χ2n) is 2.80. The van der Waals surface area contributed by atoms with E-state index in [9.17, 15) is 4.79 Å². The van der Waals surface area contributed by atoms with Gasteiger partial charge in [-0.25, -0.2) is 4.79 Å². The van der Waals surface area contributed by atoms with Gasteiger partial charge in [0.25, 0.3) is 0 Å². The molecule has 2 aromatic rings. The van der Waals surface area contributed by atoms with Crippen molar-refractivity contribution in [3.8, 4) is 5.75 Å². The van der Waals surface area contributed by atoms with Gasteiger partial charge in [0, 0.05) is 29.6 Å². The smallest absolute Gasteiger partial charge is 0.410 e. The molecule has 2 rings (SSSR count). The number of anilines is 1. The SMILES string of the molecule is O=C(Nc1cccs1)Oc1ccccc1.[Na]. The predicted molar refractivity (Wildman–Crippen MR) is 66.2 cm³/mol. The molecule has 0 atom stereocenters. The molecule has 16 heavy (non-hydrogen) atoms. The maximum atomic E-state index is 11.4. The van der Waals surface area contributed by atoms with Gasteiger partial charge in [0.05, 0.1) is 5.00 Å². The molecule has 5 heteroatoms. The molecule has 0 unspecified atom stereocenters. The molecule has 1 aromatic carbocycles. The van der Waals surface area contributed by atoms with E-state index in [1.165, 1.54) is 11.3 Å². The second-order valence-corrected chi connectivity index (χ2v) is 3.75. The van der Waals surface area contributed by atoms with E-state index in [1.807, 2.05) is 35.7 Å². The van der Waals surface area contributed by atoms with Crippen LogP contribution >= 0.6 is 11.3 Å². The Bertz CT molecular complexity index is 431. The van der Waals surface area contributed by atoms with Crippen LogP contribution < -0.4 is 10.1 Å². The first-order valence-corrected chi connectivity index (χ1v) is 5.30. The van der Waals surface area contributed by atoms with Gasteiger partial charge in [0.1, 0.15) is 5.75 Å². The predicted octanol–water partition coefficient (Wildman–Crippen LogP) is 2.98. The Morgan fingerprint density at radius 3 is 2.50 bits per heavy atom. The van der Waals surface area contributed by atoms with Gasteiger partial charge < -0.3 is 4.74 Å². The van der Waals surface area contributed by atoms with E-state index in [-0.39, 0.29) is 29.6 Å². The molecule has 1 heterocycles. The number of amides is 1. The van der Waals surface area contributed by atoms with Crippen LogP contribution in [0.1, 0.15) is 0 Å². The standard InChI is InChI=1S/C11H9NO2S.Na/c13-11(12-10-7-4-8-15-10)14-9-5-2-1-3-6-9;/h1-8H,(H,12,13);. The van der Waals surface area contributed by atoms with Crippen LogP contribution in [-0.2, 0) is 0 Å². The summed E-state index contributed by atoms with van der Waals surface area (Å²) in [5, 5.41) is 5.29. The fourth-order valence-electron chi connectivity index (χ4n) is 1.07. The molecule has 77 valence electrons. The largest absolute Gasteiger partial charge is 0.417 e. The van der Waals surface area contributed by atoms with E-state index in [1.54, 1.807) is 12.1 Å². The number of hydrogen-bond acceptors (Lipinski definition) is 3. The van der Waals surface area contributed by atoms with Crippen LogP contribution in [0.15, 0.2) is 47.8 Å². The molecule has 0 saturated carbocycles. The number of benzene rings is 1. The van der Waals surface area contributed by atoms with Gasteiger partial charge in [0.2, 0.25) is 0 Å². The Morgan fingerprint density at radius 2 is 1.88 bits per heavy atom. The third kappa shape index (κ3) is 3.98. The summed E-state index contributed by atoms with van der Waals surface area (Å²) in [5.74, 6) is 0.534. The van der Waals surface area contributed by atoms with Crippen LogP contribution in [-0.4, -0.2) is 35.7 Å². The number of para-hydroxylation sites is 1. The van der Waals surface area contributed by atoms with E-state index in [2.05, 4.69) is 5.32 Å². The van der Waals surface area contributed by atoms with E-state index >= 15 is 0 Å². The topological polar surface area (TPSA) is 38.3 Å². The monoisotopic (exact) mass is 242 g/mol. The first-order valence-electron chi connectivity index (χ1n) is 4.42. The van der Waals surface area contributed by atoms with Gasteiger partial charge in [-0.3, -0.25) is 5.32 Å². The van der Waals surface area contributed by atoms with Crippen LogP contribution in [0.5, 0.6) is 5.75 Å². The molecule has 1 amide bonds. The third-order valence-corrected chi connectivity index (χ3v) is 2.49. The Kier molecular flexibility index (Phi) is 5.55. The minimum absolute atomic E-state index is 0. The molecule has 3 nitrogen and oxygen atoms in total. The summed E-state index contributed by atoms with van der Waals surface area (Å²) in [7, 11) is 0. The van der Waals surface area contributed by atoms with Gasteiger partial charge in [-0.2, -0.15) is 0 Å². The average molecular weight is 242 g/mol. The summed E-state index contributed by atoms with van der Waals surface area (Å²) < 4.78 is 5.04. The maximum absolute atomic E-state index is 11.4. The summed E-state index contributed by atoms with van der Waals surface area (Å²) in [4.78, 5) is 11.4. The first kappa shape index (κ1) is 13.3. The van der Waals surface area contributed by atoms with Gasteiger partial charge in [-0.1, -0.05) is 18.2 Å². The summed E-state index contributed by atoms with van der Waals surface area (Å²) in [6.07, 6.45) is -0.469. The Balaban J connectivity index is 0.00000128. The van der Waals surface area contributed by atoms with Crippen LogP contribution in [0.3, 0.4) is 0 Å². The Hall–Kier alpha value is -0.810. The normalized spacial score (nSPS) is 9.00. The molecule has 0 fully saturated rings. The van der Waals surface area contributed by atoms with E-state index in [0.717, 1.165) is 5.00 Å². The number of carbonyl (C=O) groups excluding carboxylic acids is 1. The quantitative estimate of drug-likeness (QED) is 0.822. The molecule has 0 aliphatic rings. The number of ether oxygens (including phenoxy) is 1. The van der Waals surface area contributed by atoms with Crippen molar-refractivity contribution in [2.75, 3.05) is 5.32 Å². The molecule has 1 N–H and O–H groups in total. The van der Waals surface area contributed by atoms with Crippen LogP contribution in [0.2, 0.25) is 0 Å². The molecule has 1 radical (unpaired) electrons. The molecule has 0 aliphatic heterocycles. The van der Waals surface area contributed by atoms with Crippen LogP contribution in [0.25, 0.3) is 0 Å². The van der Waals surface area contributed by atoms with Crippen molar-refractivity contribution in [3.05, 3.63) is 47.8 Å². The van der Waals surface area contributed by atoms with Crippen LogP contribution in [0.4, 0.5) is 9.80 Å². The van der Waals surface area contributed by atoms with E-state index < -0.39 is 6.09 Å². The molecular formula is C11H9NNaO2S. The minimum atomic E-state index is -0.469. The number of thiophene rings is 1. The van der Waals surface area contributed by atoms with Crippen molar-refractivity contribution in [1.29, 1.82) is 0 Å². The summed E-state index contributed by atoms with van der Waals surface area (Å²) in [5.41, 5.74) is 0.